The molecule has 0 saturated carbocycles. The van der Waals surface area contributed by atoms with E-state index in [9.17, 15) is 0 Å². The van der Waals surface area contributed by atoms with E-state index in [1.165, 1.54) is 0 Å². The van der Waals surface area contributed by atoms with Gasteiger partial charge in [0, 0.05) is 28.6 Å². The number of aromatic nitrogens is 2. The van der Waals surface area contributed by atoms with Crippen molar-refractivity contribution in [2.75, 3.05) is 7.11 Å². The Labute approximate surface area is 158 Å². The van der Waals surface area contributed by atoms with E-state index in [0.29, 0.717) is 6.04 Å². The van der Waals surface area contributed by atoms with Crippen LogP contribution in [0, 0.1) is 0 Å². The highest BCUT2D eigenvalue weighted by Gasteiger charge is 2.10. The average molecular weight is 438 g/mol. The molecule has 2 heterocycles. The number of benzene rings is 1. The zero-order valence-corrected chi connectivity index (χ0v) is 16.3. The van der Waals surface area contributed by atoms with Crippen molar-refractivity contribution in [1.29, 1.82) is 0 Å². The summed E-state index contributed by atoms with van der Waals surface area (Å²) < 4.78 is 7.37. The van der Waals surface area contributed by atoms with E-state index in [1.807, 2.05) is 24.3 Å². The second-order valence-corrected chi connectivity index (χ2v) is 6.25. The Hall–Kier alpha value is -1.47. The van der Waals surface area contributed by atoms with Gasteiger partial charge in [-0.2, -0.15) is 0 Å². The highest BCUT2D eigenvalue weighted by atomic mass is 127. The van der Waals surface area contributed by atoms with Crippen molar-refractivity contribution in [3.63, 3.8) is 0 Å². The van der Waals surface area contributed by atoms with Crippen LogP contribution in [0.15, 0.2) is 54.2 Å². The Morgan fingerprint density at radius 2 is 1.65 bits per heavy atom. The molecule has 0 radical (unpaired) electrons. The molecule has 0 aliphatic carbocycles. The monoisotopic (exact) mass is 438 g/mol. The molecular formula is C18H19IN2OS. The maximum Gasteiger partial charge on any atom is 0.169 e. The summed E-state index contributed by atoms with van der Waals surface area (Å²) in [5, 5.41) is 3.14. The topological polar surface area (TPSA) is 26.0 Å². The van der Waals surface area contributed by atoms with Gasteiger partial charge < -0.3 is 28.7 Å². The van der Waals surface area contributed by atoms with Gasteiger partial charge in [-0.05, 0) is 38.1 Å². The fourth-order valence-electron chi connectivity index (χ4n) is 2.23. The summed E-state index contributed by atoms with van der Waals surface area (Å²) in [6.45, 7) is 4.34. The second kappa shape index (κ2) is 7.88. The van der Waals surface area contributed by atoms with Gasteiger partial charge in [-0.3, -0.25) is 0 Å². The smallest absolute Gasteiger partial charge is 0.169 e. The normalized spacial score (nSPS) is 10.4. The SMILES string of the molecule is COc1ccc(-c2csc(-c3cc[n+](C(C)C)cc3)n2)cc1.[I-]. The number of methoxy groups -OCH3 is 1. The van der Waals surface area contributed by atoms with Gasteiger partial charge in [0.2, 0.25) is 0 Å². The van der Waals surface area contributed by atoms with Gasteiger partial charge in [0.25, 0.3) is 0 Å². The van der Waals surface area contributed by atoms with Crippen molar-refractivity contribution in [2.24, 2.45) is 0 Å². The van der Waals surface area contributed by atoms with E-state index in [1.54, 1.807) is 18.4 Å². The molecule has 3 rings (SSSR count). The summed E-state index contributed by atoms with van der Waals surface area (Å²) in [7, 11) is 1.68. The van der Waals surface area contributed by atoms with Crippen LogP contribution in [0.25, 0.3) is 21.8 Å². The molecule has 0 aliphatic rings. The fraction of sp³-hybridized carbons (Fsp3) is 0.222. The third-order valence-electron chi connectivity index (χ3n) is 3.59. The van der Waals surface area contributed by atoms with E-state index in [4.69, 9.17) is 9.72 Å². The summed E-state index contributed by atoms with van der Waals surface area (Å²) in [4.78, 5) is 4.75. The molecule has 0 unspecified atom stereocenters. The molecule has 1 aromatic carbocycles. The van der Waals surface area contributed by atoms with Crippen LogP contribution in [0.3, 0.4) is 0 Å². The van der Waals surface area contributed by atoms with Gasteiger partial charge >= 0.3 is 0 Å². The highest BCUT2D eigenvalue weighted by molar-refractivity contribution is 7.13. The number of thiazole rings is 1. The maximum absolute atomic E-state index is 5.19. The van der Waals surface area contributed by atoms with Crippen molar-refractivity contribution < 1.29 is 33.3 Å². The standard InChI is InChI=1S/C18H19N2OS.HI/c1-13(2)20-10-8-15(9-11-20)18-19-17(12-22-18)14-4-6-16(21-3)7-5-14;/h4-13H,1-3H3;1H/q+1;/p-1. The van der Waals surface area contributed by atoms with E-state index in [-0.39, 0.29) is 24.0 Å². The van der Waals surface area contributed by atoms with E-state index >= 15 is 0 Å². The first-order valence-electron chi connectivity index (χ1n) is 7.28. The molecule has 0 N–H and O–H groups in total. The quantitative estimate of drug-likeness (QED) is 0.454. The molecule has 120 valence electrons. The van der Waals surface area contributed by atoms with Crippen LogP contribution in [0.1, 0.15) is 19.9 Å². The third kappa shape index (κ3) is 4.09. The Kier molecular flexibility index (Phi) is 6.12. The lowest BCUT2D eigenvalue weighted by molar-refractivity contribution is -0.716. The number of nitrogens with zero attached hydrogens (tertiary/aromatic N) is 2. The first kappa shape index (κ1) is 17.9. The summed E-state index contributed by atoms with van der Waals surface area (Å²) in [6.07, 6.45) is 4.21. The molecule has 0 atom stereocenters. The minimum absolute atomic E-state index is 0. The van der Waals surface area contributed by atoms with Crippen molar-refractivity contribution in [3.05, 3.63) is 54.2 Å². The van der Waals surface area contributed by atoms with Gasteiger partial charge in [0.05, 0.1) is 12.8 Å². The van der Waals surface area contributed by atoms with Crippen LogP contribution in [0.2, 0.25) is 0 Å². The molecule has 5 heteroatoms. The number of halogens is 1. The van der Waals surface area contributed by atoms with Crippen molar-refractivity contribution in [2.45, 2.75) is 19.9 Å². The summed E-state index contributed by atoms with van der Waals surface area (Å²) in [5.41, 5.74) is 3.27. The van der Waals surface area contributed by atoms with Crippen LogP contribution >= 0.6 is 11.3 Å². The van der Waals surface area contributed by atoms with Crippen LogP contribution in [0.5, 0.6) is 5.75 Å². The summed E-state index contributed by atoms with van der Waals surface area (Å²) >= 11 is 1.67. The lowest BCUT2D eigenvalue weighted by atomic mass is 10.2. The predicted octanol–water partition coefficient (Wildman–Crippen LogP) is 1.36. The molecule has 0 spiro atoms. The predicted molar refractivity (Wildman–Crippen MR) is 90.1 cm³/mol. The summed E-state index contributed by atoms with van der Waals surface area (Å²) in [6, 6.07) is 12.7. The Morgan fingerprint density at radius 1 is 1.00 bits per heavy atom. The molecule has 2 aromatic heterocycles. The minimum atomic E-state index is 0. The van der Waals surface area contributed by atoms with E-state index < -0.39 is 0 Å². The molecule has 0 bridgehead atoms. The van der Waals surface area contributed by atoms with Gasteiger partial charge in [-0.1, -0.05) is 0 Å². The van der Waals surface area contributed by atoms with Gasteiger partial charge in [-0.25, -0.2) is 9.55 Å². The zero-order chi connectivity index (χ0) is 15.5. The molecule has 0 saturated heterocycles. The zero-order valence-electron chi connectivity index (χ0n) is 13.4. The first-order chi connectivity index (χ1) is 10.7. The average Bonchev–Trinajstić information content (AvgIpc) is 3.05. The number of hydrogen-bond donors (Lipinski definition) is 0. The highest BCUT2D eigenvalue weighted by Crippen LogP contribution is 2.29. The van der Waals surface area contributed by atoms with E-state index in [0.717, 1.165) is 27.6 Å². The molecule has 3 nitrogen and oxygen atoms in total. The van der Waals surface area contributed by atoms with Crippen LogP contribution < -0.4 is 33.3 Å². The lowest BCUT2D eigenvalue weighted by Gasteiger charge is -2.01. The van der Waals surface area contributed by atoms with Crippen LogP contribution in [-0.4, -0.2) is 12.1 Å². The van der Waals surface area contributed by atoms with Crippen molar-refractivity contribution in [3.8, 4) is 27.6 Å². The number of pyridine rings is 1. The lowest BCUT2D eigenvalue weighted by Crippen LogP contribution is -3.00. The number of ether oxygens (including phenoxy) is 1. The van der Waals surface area contributed by atoms with Gasteiger partial charge in [0.15, 0.2) is 18.4 Å². The Balaban J connectivity index is 0.00000192. The second-order valence-electron chi connectivity index (χ2n) is 5.39. The summed E-state index contributed by atoms with van der Waals surface area (Å²) in [5.74, 6) is 0.862. The molecule has 0 fully saturated rings. The third-order valence-corrected chi connectivity index (χ3v) is 4.48. The Morgan fingerprint density at radius 3 is 2.22 bits per heavy atom. The first-order valence-corrected chi connectivity index (χ1v) is 8.16. The fourth-order valence-corrected chi connectivity index (χ4v) is 3.06. The molecular weight excluding hydrogens is 419 g/mol. The number of rotatable bonds is 4. The van der Waals surface area contributed by atoms with Crippen LogP contribution in [0.4, 0.5) is 0 Å². The maximum atomic E-state index is 5.19. The van der Waals surface area contributed by atoms with Crippen LogP contribution in [-0.2, 0) is 0 Å². The van der Waals surface area contributed by atoms with Gasteiger partial charge in [0.1, 0.15) is 10.8 Å². The van der Waals surface area contributed by atoms with Crippen molar-refractivity contribution in [1.82, 2.24) is 4.98 Å². The molecule has 0 amide bonds. The molecule has 23 heavy (non-hydrogen) atoms. The molecule has 0 aliphatic heterocycles. The molecule has 3 aromatic rings. The van der Waals surface area contributed by atoms with Gasteiger partial charge in [-0.15, -0.1) is 11.3 Å². The number of hydrogen-bond acceptors (Lipinski definition) is 3. The largest absolute Gasteiger partial charge is 1.00 e. The van der Waals surface area contributed by atoms with Crippen molar-refractivity contribution >= 4 is 11.3 Å². The Bertz CT molecular complexity index is 751. The van der Waals surface area contributed by atoms with E-state index in [2.05, 4.69) is 48.3 Å². The minimum Gasteiger partial charge on any atom is -1.00 e.